The fourth-order valence-corrected chi connectivity index (χ4v) is 1.65. The molecule has 2 aromatic rings. The molecule has 0 atom stereocenters. The molecule has 0 saturated carbocycles. The molecule has 0 fully saturated rings. The summed E-state index contributed by atoms with van der Waals surface area (Å²) in [4.78, 5) is 0. The number of halogens is 1. The van der Waals surface area contributed by atoms with E-state index in [4.69, 9.17) is 16.3 Å². The number of aromatic nitrogens is 3. The number of rotatable bonds is 3. The van der Waals surface area contributed by atoms with Gasteiger partial charge in [-0.3, -0.25) is 4.68 Å². The number of aryl methyl sites for hydroxylation is 1. The molecule has 0 aliphatic rings. The Hall–Kier alpha value is -1.39. The summed E-state index contributed by atoms with van der Waals surface area (Å²) in [6.07, 6.45) is 1.86. The van der Waals surface area contributed by atoms with Gasteiger partial charge in [0.05, 0.1) is 12.8 Å². The van der Waals surface area contributed by atoms with Crippen LogP contribution >= 0.6 is 11.6 Å². The van der Waals surface area contributed by atoms with Crippen LogP contribution < -0.4 is 0 Å². The lowest BCUT2D eigenvalue weighted by Crippen LogP contribution is -1.90. The molecule has 1 heterocycles. The van der Waals surface area contributed by atoms with Gasteiger partial charge in [-0.15, -0.1) is 5.10 Å². The van der Waals surface area contributed by atoms with Crippen molar-refractivity contribution >= 4 is 11.6 Å². The van der Waals surface area contributed by atoms with Crippen LogP contribution in [0.3, 0.4) is 0 Å². The fourth-order valence-electron chi connectivity index (χ4n) is 1.48. The second-order valence-corrected chi connectivity index (χ2v) is 3.92. The Morgan fingerprint density at radius 2 is 2.25 bits per heavy atom. The summed E-state index contributed by atoms with van der Waals surface area (Å²) >= 11 is 6.05. The average molecular weight is 238 g/mol. The van der Waals surface area contributed by atoms with Crippen molar-refractivity contribution in [2.75, 3.05) is 7.11 Å². The molecule has 1 aromatic carbocycles. The van der Waals surface area contributed by atoms with Gasteiger partial charge < -0.3 is 4.74 Å². The Labute approximate surface area is 98.8 Å². The van der Waals surface area contributed by atoms with Crippen LogP contribution in [0.4, 0.5) is 0 Å². The molecule has 0 N–H and O–H groups in total. The lowest BCUT2D eigenvalue weighted by atomic mass is 10.1. The number of nitrogens with zero attached hydrogens (tertiary/aromatic N) is 3. The number of ether oxygens (including phenoxy) is 1. The van der Waals surface area contributed by atoms with Gasteiger partial charge >= 0.3 is 0 Å². The molecule has 2 rings (SSSR count). The van der Waals surface area contributed by atoms with Gasteiger partial charge in [-0.1, -0.05) is 22.9 Å². The first kappa shape index (κ1) is 11.1. The zero-order valence-corrected chi connectivity index (χ0v) is 9.90. The highest BCUT2D eigenvalue weighted by molar-refractivity contribution is 6.31. The van der Waals surface area contributed by atoms with Crippen LogP contribution in [0, 0.1) is 0 Å². The summed E-state index contributed by atoms with van der Waals surface area (Å²) in [5, 5.41) is 8.64. The first-order valence-corrected chi connectivity index (χ1v) is 5.22. The summed E-state index contributed by atoms with van der Waals surface area (Å²) in [7, 11) is 3.48. The van der Waals surface area contributed by atoms with Gasteiger partial charge in [-0.05, 0) is 17.7 Å². The predicted molar refractivity (Wildman–Crippen MR) is 62.2 cm³/mol. The summed E-state index contributed by atoms with van der Waals surface area (Å²) in [5.74, 6) is 0. The Bertz CT molecular complexity index is 496. The maximum atomic E-state index is 6.05. The van der Waals surface area contributed by atoms with Gasteiger partial charge in [0, 0.05) is 24.7 Å². The topological polar surface area (TPSA) is 39.9 Å². The molecular weight excluding hydrogens is 226 g/mol. The molecule has 0 amide bonds. The second kappa shape index (κ2) is 4.63. The van der Waals surface area contributed by atoms with Crippen molar-refractivity contribution in [3.8, 4) is 11.3 Å². The van der Waals surface area contributed by atoms with Crippen molar-refractivity contribution in [3.63, 3.8) is 0 Å². The Morgan fingerprint density at radius 1 is 1.44 bits per heavy atom. The van der Waals surface area contributed by atoms with E-state index >= 15 is 0 Å². The zero-order valence-electron chi connectivity index (χ0n) is 9.14. The third-order valence-corrected chi connectivity index (χ3v) is 2.61. The normalized spacial score (nSPS) is 10.7. The Balaban J connectivity index is 2.39. The highest BCUT2D eigenvalue weighted by atomic mass is 35.5. The van der Waals surface area contributed by atoms with Gasteiger partial charge in [0.25, 0.3) is 0 Å². The summed E-state index contributed by atoms with van der Waals surface area (Å²) in [5.41, 5.74) is 2.77. The number of methoxy groups -OCH3 is 1. The quantitative estimate of drug-likeness (QED) is 0.822. The molecule has 0 aliphatic carbocycles. The van der Waals surface area contributed by atoms with Gasteiger partial charge in [-0.25, -0.2) is 0 Å². The van der Waals surface area contributed by atoms with Gasteiger partial charge in [0.1, 0.15) is 5.69 Å². The van der Waals surface area contributed by atoms with E-state index in [9.17, 15) is 0 Å². The maximum Gasteiger partial charge on any atom is 0.113 e. The highest BCUT2D eigenvalue weighted by Crippen LogP contribution is 2.24. The van der Waals surface area contributed by atoms with Crippen molar-refractivity contribution < 1.29 is 4.74 Å². The summed E-state index contributed by atoms with van der Waals surface area (Å²) in [6, 6.07) is 5.74. The smallest absolute Gasteiger partial charge is 0.113 e. The van der Waals surface area contributed by atoms with E-state index in [1.54, 1.807) is 11.8 Å². The van der Waals surface area contributed by atoms with E-state index in [1.165, 1.54) is 0 Å². The molecule has 1 aromatic heterocycles. The van der Waals surface area contributed by atoms with Gasteiger partial charge in [-0.2, -0.15) is 0 Å². The van der Waals surface area contributed by atoms with Crippen LogP contribution in [0.25, 0.3) is 11.3 Å². The van der Waals surface area contributed by atoms with E-state index in [0.29, 0.717) is 11.6 Å². The molecule has 0 saturated heterocycles. The SMILES string of the molecule is COCc1cc(-c2cn(C)nn2)ccc1Cl. The monoisotopic (exact) mass is 237 g/mol. The molecular formula is C11H12ClN3O. The van der Waals surface area contributed by atoms with E-state index in [2.05, 4.69) is 10.3 Å². The molecule has 0 aliphatic heterocycles. The lowest BCUT2D eigenvalue weighted by molar-refractivity contribution is 0.185. The van der Waals surface area contributed by atoms with Crippen molar-refractivity contribution in [3.05, 3.63) is 35.0 Å². The molecule has 84 valence electrons. The van der Waals surface area contributed by atoms with Crippen LogP contribution in [0.2, 0.25) is 5.02 Å². The molecule has 4 nitrogen and oxygen atoms in total. The van der Waals surface area contributed by atoms with Gasteiger partial charge in [0.15, 0.2) is 0 Å². The van der Waals surface area contributed by atoms with Crippen molar-refractivity contribution in [2.24, 2.45) is 7.05 Å². The summed E-state index contributed by atoms with van der Waals surface area (Å²) in [6.45, 7) is 0.493. The fraction of sp³-hybridized carbons (Fsp3) is 0.273. The lowest BCUT2D eigenvalue weighted by Gasteiger charge is -2.04. The predicted octanol–water partition coefficient (Wildman–Crippen LogP) is 2.28. The number of benzene rings is 1. The van der Waals surface area contributed by atoms with E-state index in [1.807, 2.05) is 31.4 Å². The van der Waals surface area contributed by atoms with Crippen LogP contribution in [-0.4, -0.2) is 22.1 Å². The van der Waals surface area contributed by atoms with E-state index in [0.717, 1.165) is 16.8 Å². The molecule has 0 unspecified atom stereocenters. The van der Waals surface area contributed by atoms with Crippen LogP contribution in [0.15, 0.2) is 24.4 Å². The molecule has 0 bridgehead atoms. The average Bonchev–Trinajstić information content (AvgIpc) is 2.69. The standard InChI is InChI=1S/C11H12ClN3O/c1-15-6-11(13-14-15)8-3-4-10(12)9(5-8)7-16-2/h3-6H,7H2,1-2H3. The van der Waals surface area contributed by atoms with Crippen LogP contribution in [0.1, 0.15) is 5.56 Å². The third-order valence-electron chi connectivity index (χ3n) is 2.24. The van der Waals surface area contributed by atoms with Crippen LogP contribution in [0.5, 0.6) is 0 Å². The van der Waals surface area contributed by atoms with Crippen molar-refractivity contribution in [2.45, 2.75) is 6.61 Å². The van der Waals surface area contributed by atoms with E-state index in [-0.39, 0.29) is 0 Å². The maximum absolute atomic E-state index is 6.05. The van der Waals surface area contributed by atoms with Crippen molar-refractivity contribution in [1.29, 1.82) is 0 Å². The Morgan fingerprint density at radius 3 is 2.88 bits per heavy atom. The Kier molecular flexibility index (Phi) is 3.22. The second-order valence-electron chi connectivity index (χ2n) is 3.52. The molecule has 16 heavy (non-hydrogen) atoms. The first-order chi connectivity index (χ1) is 7.70. The molecule has 0 radical (unpaired) electrons. The first-order valence-electron chi connectivity index (χ1n) is 4.85. The number of hydrogen-bond donors (Lipinski definition) is 0. The van der Waals surface area contributed by atoms with Crippen LogP contribution in [-0.2, 0) is 18.4 Å². The minimum absolute atomic E-state index is 0.493. The highest BCUT2D eigenvalue weighted by Gasteiger charge is 2.06. The molecule has 0 spiro atoms. The molecule has 5 heteroatoms. The minimum Gasteiger partial charge on any atom is -0.380 e. The zero-order chi connectivity index (χ0) is 11.5. The van der Waals surface area contributed by atoms with Gasteiger partial charge in [0.2, 0.25) is 0 Å². The largest absolute Gasteiger partial charge is 0.380 e. The van der Waals surface area contributed by atoms with Crippen molar-refractivity contribution in [1.82, 2.24) is 15.0 Å². The third kappa shape index (κ3) is 2.23. The number of hydrogen-bond acceptors (Lipinski definition) is 3. The summed E-state index contributed by atoms with van der Waals surface area (Å²) < 4.78 is 6.75. The van der Waals surface area contributed by atoms with E-state index < -0.39 is 0 Å². The minimum atomic E-state index is 0.493.